The number of halogens is 1. The zero-order valence-corrected chi connectivity index (χ0v) is 17.6. The van der Waals surface area contributed by atoms with Gasteiger partial charge in [0.25, 0.3) is 0 Å². The molecule has 1 spiro atoms. The summed E-state index contributed by atoms with van der Waals surface area (Å²) in [5.41, 5.74) is 3.87. The Morgan fingerprint density at radius 1 is 1.03 bits per heavy atom. The molecular formula is C24H28FN3O2. The standard InChI is InChI=1S/C24H28FN3O2/c1-17-3-8-21(15-18(17)2)26-23(30)27-13-11-24(12-14-27)10-9-22(29)28(24)16-19-4-6-20(25)7-5-19/h3-8,15H,9-14,16H2,1-2H3,(H,26,30). The Balaban J connectivity index is 1.40. The molecule has 158 valence electrons. The van der Waals surface area contributed by atoms with Gasteiger partial charge in [-0.3, -0.25) is 4.79 Å². The first-order chi connectivity index (χ1) is 14.4. The monoisotopic (exact) mass is 409 g/mol. The number of rotatable bonds is 3. The molecule has 4 rings (SSSR count). The molecule has 2 aliphatic rings. The largest absolute Gasteiger partial charge is 0.333 e. The average Bonchev–Trinajstić information content (AvgIpc) is 3.02. The van der Waals surface area contributed by atoms with E-state index in [2.05, 4.69) is 5.32 Å². The highest BCUT2D eigenvalue weighted by Crippen LogP contribution is 2.40. The third kappa shape index (κ3) is 4.04. The number of aryl methyl sites for hydroxylation is 2. The van der Waals surface area contributed by atoms with Crippen molar-refractivity contribution in [2.24, 2.45) is 0 Å². The summed E-state index contributed by atoms with van der Waals surface area (Å²) in [7, 11) is 0. The van der Waals surface area contributed by atoms with Crippen LogP contribution in [0.25, 0.3) is 0 Å². The van der Waals surface area contributed by atoms with Crippen LogP contribution in [0.3, 0.4) is 0 Å². The molecule has 0 unspecified atom stereocenters. The van der Waals surface area contributed by atoms with Crippen molar-refractivity contribution in [2.75, 3.05) is 18.4 Å². The van der Waals surface area contributed by atoms with E-state index in [-0.39, 0.29) is 23.3 Å². The number of piperidine rings is 1. The fourth-order valence-electron chi connectivity index (χ4n) is 4.57. The highest BCUT2D eigenvalue weighted by atomic mass is 19.1. The molecule has 0 radical (unpaired) electrons. The Bertz CT molecular complexity index is 949. The number of carbonyl (C=O) groups is 2. The zero-order valence-electron chi connectivity index (χ0n) is 17.6. The van der Waals surface area contributed by atoms with E-state index in [0.29, 0.717) is 26.1 Å². The summed E-state index contributed by atoms with van der Waals surface area (Å²) < 4.78 is 13.2. The number of hydrogen-bond acceptors (Lipinski definition) is 2. The van der Waals surface area contributed by atoms with E-state index in [4.69, 9.17) is 0 Å². The third-order valence-electron chi connectivity index (χ3n) is 6.67. The maximum Gasteiger partial charge on any atom is 0.321 e. The zero-order chi connectivity index (χ0) is 21.3. The van der Waals surface area contributed by atoms with Gasteiger partial charge in [0.1, 0.15) is 5.82 Å². The molecule has 3 amide bonds. The highest BCUT2D eigenvalue weighted by molar-refractivity contribution is 5.89. The van der Waals surface area contributed by atoms with Gasteiger partial charge in [-0.2, -0.15) is 0 Å². The van der Waals surface area contributed by atoms with E-state index in [1.165, 1.54) is 17.7 Å². The van der Waals surface area contributed by atoms with Crippen molar-refractivity contribution in [1.82, 2.24) is 9.80 Å². The first-order valence-electron chi connectivity index (χ1n) is 10.5. The second-order valence-corrected chi connectivity index (χ2v) is 8.55. The van der Waals surface area contributed by atoms with Crippen LogP contribution in [0.5, 0.6) is 0 Å². The lowest BCUT2D eigenvalue weighted by atomic mass is 9.85. The molecule has 0 bridgehead atoms. The molecule has 5 nitrogen and oxygen atoms in total. The summed E-state index contributed by atoms with van der Waals surface area (Å²) in [5, 5.41) is 2.99. The van der Waals surface area contributed by atoms with Gasteiger partial charge < -0.3 is 15.1 Å². The van der Waals surface area contributed by atoms with Crippen LogP contribution in [0.4, 0.5) is 14.9 Å². The Hall–Kier alpha value is -2.89. The SMILES string of the molecule is Cc1ccc(NC(=O)N2CCC3(CCC(=O)N3Cc3ccc(F)cc3)CC2)cc1C. The van der Waals surface area contributed by atoms with Gasteiger partial charge in [-0.15, -0.1) is 0 Å². The molecule has 0 aromatic heterocycles. The lowest BCUT2D eigenvalue weighted by Gasteiger charge is -2.45. The number of nitrogens with zero attached hydrogens (tertiary/aromatic N) is 2. The minimum Gasteiger partial charge on any atom is -0.333 e. The molecule has 30 heavy (non-hydrogen) atoms. The lowest BCUT2D eigenvalue weighted by molar-refractivity contribution is -0.133. The van der Waals surface area contributed by atoms with Crippen LogP contribution in [-0.2, 0) is 11.3 Å². The van der Waals surface area contributed by atoms with Crippen molar-refractivity contribution in [1.29, 1.82) is 0 Å². The van der Waals surface area contributed by atoms with Crippen molar-refractivity contribution < 1.29 is 14.0 Å². The second kappa shape index (κ2) is 8.09. The topological polar surface area (TPSA) is 52.7 Å². The smallest absolute Gasteiger partial charge is 0.321 e. The van der Waals surface area contributed by atoms with E-state index in [1.807, 2.05) is 41.8 Å². The molecule has 0 aliphatic carbocycles. The number of benzene rings is 2. The van der Waals surface area contributed by atoms with E-state index in [1.54, 1.807) is 12.1 Å². The summed E-state index contributed by atoms with van der Waals surface area (Å²) in [4.78, 5) is 29.1. The second-order valence-electron chi connectivity index (χ2n) is 8.55. The molecule has 2 aromatic rings. The number of anilines is 1. The van der Waals surface area contributed by atoms with Crippen LogP contribution in [0.1, 0.15) is 42.4 Å². The van der Waals surface area contributed by atoms with Crippen LogP contribution >= 0.6 is 0 Å². The van der Waals surface area contributed by atoms with Crippen molar-refractivity contribution >= 4 is 17.6 Å². The first-order valence-corrected chi connectivity index (χ1v) is 10.5. The Morgan fingerprint density at radius 2 is 1.73 bits per heavy atom. The summed E-state index contributed by atoms with van der Waals surface area (Å²) in [6.07, 6.45) is 2.89. The van der Waals surface area contributed by atoms with Gasteiger partial charge in [0.05, 0.1) is 0 Å². The van der Waals surface area contributed by atoms with Crippen molar-refractivity contribution in [3.63, 3.8) is 0 Å². The van der Waals surface area contributed by atoms with Crippen LogP contribution in [0.2, 0.25) is 0 Å². The number of amides is 3. The molecule has 0 atom stereocenters. The minimum absolute atomic E-state index is 0.0949. The van der Waals surface area contributed by atoms with Gasteiger partial charge in [-0.1, -0.05) is 18.2 Å². The highest BCUT2D eigenvalue weighted by Gasteiger charge is 2.47. The van der Waals surface area contributed by atoms with Gasteiger partial charge in [-0.25, -0.2) is 9.18 Å². The number of hydrogen-bond donors (Lipinski definition) is 1. The summed E-state index contributed by atoms with van der Waals surface area (Å²) in [5.74, 6) is -0.128. The van der Waals surface area contributed by atoms with Gasteiger partial charge in [0.15, 0.2) is 0 Å². The van der Waals surface area contributed by atoms with Crippen molar-refractivity contribution in [2.45, 2.75) is 51.6 Å². The van der Waals surface area contributed by atoms with Gasteiger partial charge in [-0.05, 0) is 74.1 Å². The predicted octanol–water partition coefficient (Wildman–Crippen LogP) is 4.63. The molecule has 2 saturated heterocycles. The number of carbonyl (C=O) groups excluding carboxylic acids is 2. The molecule has 2 fully saturated rings. The maximum atomic E-state index is 13.2. The van der Waals surface area contributed by atoms with Crippen molar-refractivity contribution in [3.05, 3.63) is 65.0 Å². The maximum absolute atomic E-state index is 13.2. The lowest BCUT2D eigenvalue weighted by Crippen LogP contribution is -2.54. The molecular weight excluding hydrogens is 381 g/mol. The fourth-order valence-corrected chi connectivity index (χ4v) is 4.57. The van der Waals surface area contributed by atoms with Crippen LogP contribution in [-0.4, -0.2) is 40.4 Å². The van der Waals surface area contributed by atoms with Gasteiger partial charge in [0, 0.05) is 37.3 Å². The number of likely N-dealkylation sites (tertiary alicyclic amines) is 2. The minimum atomic E-state index is -0.274. The first kappa shape index (κ1) is 20.4. The number of nitrogens with one attached hydrogen (secondary N) is 1. The van der Waals surface area contributed by atoms with Gasteiger partial charge in [0.2, 0.25) is 5.91 Å². The molecule has 2 heterocycles. The Labute approximate surface area is 176 Å². The van der Waals surface area contributed by atoms with Crippen LogP contribution in [0.15, 0.2) is 42.5 Å². The van der Waals surface area contributed by atoms with Crippen LogP contribution in [0, 0.1) is 19.7 Å². The predicted molar refractivity (Wildman–Crippen MR) is 115 cm³/mol. The quantitative estimate of drug-likeness (QED) is 0.804. The average molecular weight is 410 g/mol. The fraction of sp³-hybridized carbons (Fsp3) is 0.417. The van der Waals surface area contributed by atoms with E-state index in [0.717, 1.165) is 36.1 Å². The molecule has 0 saturated carbocycles. The summed E-state index contributed by atoms with van der Waals surface area (Å²) in [6.45, 7) is 5.80. The molecule has 2 aliphatic heterocycles. The third-order valence-corrected chi connectivity index (χ3v) is 6.67. The van der Waals surface area contributed by atoms with Crippen LogP contribution < -0.4 is 5.32 Å². The van der Waals surface area contributed by atoms with Crippen molar-refractivity contribution in [3.8, 4) is 0 Å². The molecule has 6 heteroatoms. The Kier molecular flexibility index (Phi) is 5.50. The van der Waals surface area contributed by atoms with E-state index in [9.17, 15) is 14.0 Å². The summed E-state index contributed by atoms with van der Waals surface area (Å²) in [6, 6.07) is 12.2. The Morgan fingerprint density at radius 3 is 2.40 bits per heavy atom. The van der Waals surface area contributed by atoms with E-state index >= 15 is 0 Å². The van der Waals surface area contributed by atoms with Gasteiger partial charge >= 0.3 is 6.03 Å². The molecule has 1 N–H and O–H groups in total. The molecule has 2 aromatic carbocycles. The van der Waals surface area contributed by atoms with E-state index < -0.39 is 0 Å². The number of urea groups is 1. The normalized spacial score (nSPS) is 18.2. The summed E-state index contributed by atoms with van der Waals surface area (Å²) >= 11 is 0.